The van der Waals surface area contributed by atoms with Crippen LogP contribution in [0.5, 0.6) is 5.75 Å². The fraction of sp³-hybridized carbons (Fsp3) is 0.667. The predicted molar refractivity (Wildman–Crippen MR) is 83.0 cm³/mol. The molecule has 0 atom stereocenters. The number of ether oxygens (including phenoxy) is 1. The van der Waals surface area contributed by atoms with Crippen LogP contribution in [0.4, 0.5) is 0 Å². The molecular weight excluding hydrogens is 248 g/mol. The van der Waals surface area contributed by atoms with Gasteiger partial charge in [-0.15, -0.1) is 0 Å². The van der Waals surface area contributed by atoms with Crippen LogP contribution in [-0.4, -0.2) is 11.7 Å². The van der Waals surface area contributed by atoms with Crippen molar-refractivity contribution in [2.45, 2.75) is 64.4 Å². The number of hydrogen-bond acceptors (Lipinski definition) is 2. The van der Waals surface area contributed by atoms with E-state index in [0.29, 0.717) is 0 Å². The molecule has 0 heterocycles. The van der Waals surface area contributed by atoms with Gasteiger partial charge in [-0.05, 0) is 55.7 Å². The Morgan fingerprint density at radius 2 is 1.75 bits per heavy atom. The molecule has 2 heteroatoms. The molecule has 1 aromatic carbocycles. The summed E-state index contributed by atoms with van der Waals surface area (Å²) in [6.07, 6.45) is 7.67. The van der Waals surface area contributed by atoms with Crippen LogP contribution in [0, 0.1) is 5.92 Å². The van der Waals surface area contributed by atoms with E-state index in [1.54, 1.807) is 0 Å². The zero-order valence-corrected chi connectivity index (χ0v) is 12.9. The molecule has 1 saturated carbocycles. The van der Waals surface area contributed by atoms with Crippen molar-refractivity contribution in [3.63, 3.8) is 0 Å². The van der Waals surface area contributed by atoms with Crippen LogP contribution in [0.25, 0.3) is 0 Å². The number of aliphatic hydroxyl groups is 1. The Bertz CT molecular complexity index is 388. The lowest BCUT2D eigenvalue weighted by Crippen LogP contribution is -2.31. The molecule has 1 aromatic rings. The van der Waals surface area contributed by atoms with Crippen molar-refractivity contribution in [3.05, 3.63) is 29.8 Å². The van der Waals surface area contributed by atoms with Crippen LogP contribution in [0.3, 0.4) is 0 Å². The van der Waals surface area contributed by atoms with Gasteiger partial charge >= 0.3 is 0 Å². The molecule has 1 aliphatic carbocycles. The Morgan fingerprint density at radius 1 is 1.10 bits per heavy atom. The number of benzene rings is 1. The summed E-state index contributed by atoms with van der Waals surface area (Å²) in [5.74, 6) is 1.71. The molecule has 0 bridgehead atoms. The molecule has 0 aliphatic heterocycles. The summed E-state index contributed by atoms with van der Waals surface area (Å²) in [5, 5.41) is 10.9. The summed E-state index contributed by atoms with van der Waals surface area (Å²) in [5.41, 5.74) is 0.435. The molecule has 112 valence electrons. The Labute approximate surface area is 123 Å². The first kappa shape index (κ1) is 15.4. The first-order valence-electron chi connectivity index (χ1n) is 8.13. The van der Waals surface area contributed by atoms with E-state index in [-0.39, 0.29) is 0 Å². The van der Waals surface area contributed by atoms with Crippen molar-refractivity contribution in [2.24, 2.45) is 5.92 Å². The maximum atomic E-state index is 10.9. The second-order valence-electron chi connectivity index (χ2n) is 6.14. The van der Waals surface area contributed by atoms with Crippen LogP contribution in [0.15, 0.2) is 24.3 Å². The van der Waals surface area contributed by atoms with Crippen LogP contribution >= 0.6 is 0 Å². The molecule has 2 rings (SSSR count). The van der Waals surface area contributed by atoms with Crippen LogP contribution < -0.4 is 4.74 Å². The maximum Gasteiger partial charge on any atom is 0.119 e. The third-order valence-corrected chi connectivity index (χ3v) is 4.49. The van der Waals surface area contributed by atoms with Gasteiger partial charge in [0, 0.05) is 0 Å². The van der Waals surface area contributed by atoms with Gasteiger partial charge in [0.05, 0.1) is 12.2 Å². The largest absolute Gasteiger partial charge is 0.494 e. The van der Waals surface area contributed by atoms with Crippen molar-refractivity contribution >= 4 is 0 Å². The van der Waals surface area contributed by atoms with Gasteiger partial charge in [0.15, 0.2) is 0 Å². The van der Waals surface area contributed by atoms with E-state index in [1.165, 1.54) is 12.8 Å². The lowest BCUT2D eigenvalue weighted by molar-refractivity contribution is -0.0152. The SMILES string of the molecule is CCCOc1ccc(C2(O)CCC(CCC)CC2)cc1. The topological polar surface area (TPSA) is 29.5 Å². The molecule has 2 nitrogen and oxygen atoms in total. The van der Waals surface area contributed by atoms with Gasteiger partial charge < -0.3 is 9.84 Å². The van der Waals surface area contributed by atoms with E-state index >= 15 is 0 Å². The first-order chi connectivity index (χ1) is 9.68. The highest BCUT2D eigenvalue weighted by atomic mass is 16.5. The normalized spacial score (nSPS) is 26.4. The van der Waals surface area contributed by atoms with Crippen LogP contribution in [0.2, 0.25) is 0 Å². The van der Waals surface area contributed by atoms with E-state index in [4.69, 9.17) is 4.74 Å². The fourth-order valence-electron chi connectivity index (χ4n) is 3.22. The molecule has 1 fully saturated rings. The Kier molecular flexibility index (Phi) is 5.47. The smallest absolute Gasteiger partial charge is 0.119 e. The van der Waals surface area contributed by atoms with Crippen LogP contribution in [-0.2, 0) is 5.60 Å². The Morgan fingerprint density at radius 3 is 2.30 bits per heavy atom. The first-order valence-corrected chi connectivity index (χ1v) is 8.13. The van der Waals surface area contributed by atoms with E-state index in [1.807, 2.05) is 24.3 Å². The highest BCUT2D eigenvalue weighted by Crippen LogP contribution is 2.41. The summed E-state index contributed by atoms with van der Waals surface area (Å²) in [6, 6.07) is 8.04. The average molecular weight is 276 g/mol. The molecule has 0 aromatic heterocycles. The molecule has 0 saturated heterocycles. The zero-order chi connectivity index (χ0) is 14.4. The third-order valence-electron chi connectivity index (χ3n) is 4.49. The van der Waals surface area contributed by atoms with Crippen molar-refractivity contribution in [1.29, 1.82) is 0 Å². The van der Waals surface area contributed by atoms with E-state index in [9.17, 15) is 5.11 Å². The molecule has 0 spiro atoms. The van der Waals surface area contributed by atoms with E-state index < -0.39 is 5.60 Å². The quantitative estimate of drug-likeness (QED) is 0.819. The summed E-state index contributed by atoms with van der Waals surface area (Å²) in [6.45, 7) is 5.10. The lowest BCUT2D eigenvalue weighted by Gasteiger charge is -2.36. The Hall–Kier alpha value is -1.02. The van der Waals surface area contributed by atoms with Gasteiger partial charge in [0.25, 0.3) is 0 Å². The van der Waals surface area contributed by atoms with E-state index in [2.05, 4.69) is 13.8 Å². The number of rotatable bonds is 6. The van der Waals surface area contributed by atoms with Gasteiger partial charge in [-0.3, -0.25) is 0 Å². The monoisotopic (exact) mass is 276 g/mol. The maximum absolute atomic E-state index is 10.9. The molecule has 0 unspecified atom stereocenters. The highest BCUT2D eigenvalue weighted by molar-refractivity contribution is 5.31. The second kappa shape index (κ2) is 7.12. The predicted octanol–water partition coefficient (Wildman–Crippen LogP) is 4.65. The molecular formula is C18H28O2. The van der Waals surface area contributed by atoms with Gasteiger partial charge in [-0.2, -0.15) is 0 Å². The highest BCUT2D eigenvalue weighted by Gasteiger charge is 2.34. The molecule has 20 heavy (non-hydrogen) atoms. The minimum Gasteiger partial charge on any atom is -0.494 e. The minimum absolute atomic E-state index is 0.618. The average Bonchev–Trinajstić information content (AvgIpc) is 2.48. The molecule has 1 N–H and O–H groups in total. The van der Waals surface area contributed by atoms with Crippen LogP contribution in [0.1, 0.15) is 64.4 Å². The lowest BCUT2D eigenvalue weighted by atomic mass is 9.74. The van der Waals surface area contributed by atoms with Crippen molar-refractivity contribution in [3.8, 4) is 5.75 Å². The van der Waals surface area contributed by atoms with Gasteiger partial charge in [0.2, 0.25) is 0 Å². The fourth-order valence-corrected chi connectivity index (χ4v) is 3.22. The van der Waals surface area contributed by atoms with Crippen molar-refractivity contribution in [2.75, 3.05) is 6.61 Å². The summed E-state index contributed by atoms with van der Waals surface area (Å²) in [4.78, 5) is 0. The second-order valence-corrected chi connectivity index (χ2v) is 6.14. The van der Waals surface area contributed by atoms with Crippen molar-refractivity contribution < 1.29 is 9.84 Å². The third kappa shape index (κ3) is 3.76. The summed E-state index contributed by atoms with van der Waals surface area (Å²) >= 11 is 0. The molecule has 1 aliphatic rings. The molecule has 0 radical (unpaired) electrons. The van der Waals surface area contributed by atoms with Gasteiger partial charge in [-0.25, -0.2) is 0 Å². The standard InChI is InChI=1S/C18H28O2/c1-3-5-15-10-12-18(19,13-11-15)16-6-8-17(9-7-16)20-14-4-2/h6-9,15,19H,3-5,10-14H2,1-2H3. The minimum atomic E-state index is -0.618. The van der Waals surface area contributed by atoms with Gasteiger partial charge in [-0.1, -0.05) is 38.8 Å². The van der Waals surface area contributed by atoms with E-state index in [0.717, 1.165) is 55.9 Å². The zero-order valence-electron chi connectivity index (χ0n) is 12.9. The Balaban J connectivity index is 1.96. The number of hydrogen-bond donors (Lipinski definition) is 1. The van der Waals surface area contributed by atoms with Gasteiger partial charge in [0.1, 0.15) is 5.75 Å². The summed E-state index contributed by atoms with van der Waals surface area (Å²) in [7, 11) is 0. The molecule has 0 amide bonds. The summed E-state index contributed by atoms with van der Waals surface area (Å²) < 4.78 is 5.60. The van der Waals surface area contributed by atoms with Crippen molar-refractivity contribution in [1.82, 2.24) is 0 Å².